The molecule has 0 radical (unpaired) electrons. The van der Waals surface area contributed by atoms with Crippen molar-refractivity contribution in [2.24, 2.45) is 0 Å². The Morgan fingerprint density at radius 1 is 0.658 bits per heavy atom. The van der Waals surface area contributed by atoms with Gasteiger partial charge in [-0.05, 0) is 162 Å². The summed E-state index contributed by atoms with van der Waals surface area (Å²) in [6, 6.07) is 34.6. The molecular formula is C57H60N16. The molecule has 0 spiro atoms. The number of H-pyrrole nitrogens is 2. The first-order valence-electron chi connectivity index (χ1n) is 25.5. The van der Waals surface area contributed by atoms with Crippen molar-refractivity contribution in [1.29, 1.82) is 0 Å². The molecule has 10 aromatic rings. The van der Waals surface area contributed by atoms with Crippen LogP contribution in [-0.4, -0.2) is 70.7 Å². The third kappa shape index (κ3) is 9.58. The van der Waals surface area contributed by atoms with E-state index in [0.717, 1.165) is 130 Å². The van der Waals surface area contributed by atoms with E-state index in [4.69, 9.17) is 19.9 Å². The predicted molar refractivity (Wildman–Crippen MR) is 286 cm³/mol. The molecule has 16 nitrogen and oxygen atoms in total. The topological polar surface area (TPSA) is 192 Å². The maximum Gasteiger partial charge on any atom is 0.155 e. The molecule has 3 unspecified atom stereocenters. The van der Waals surface area contributed by atoms with Gasteiger partial charge in [-0.2, -0.15) is 10.2 Å². The number of fused-ring (bicyclic) bond motifs is 4. The molecule has 2 aromatic carbocycles. The number of pyridine rings is 4. The highest BCUT2D eigenvalue weighted by Crippen LogP contribution is 2.39. The molecule has 0 amide bonds. The first-order valence-corrected chi connectivity index (χ1v) is 25.5. The smallest absolute Gasteiger partial charge is 0.155 e. The van der Waals surface area contributed by atoms with Gasteiger partial charge in [-0.1, -0.05) is 30.3 Å². The first-order chi connectivity index (χ1) is 35.6. The summed E-state index contributed by atoms with van der Waals surface area (Å²) in [4.78, 5) is 35.7. The number of aromatic nitrogens is 12. The van der Waals surface area contributed by atoms with Crippen LogP contribution >= 0.6 is 0 Å². The van der Waals surface area contributed by atoms with E-state index in [0.29, 0.717) is 25.2 Å². The Labute approximate surface area is 424 Å². The van der Waals surface area contributed by atoms with Crippen molar-refractivity contribution in [1.82, 2.24) is 69.7 Å². The summed E-state index contributed by atoms with van der Waals surface area (Å²) in [5.41, 5.74) is 18.3. The number of rotatable bonds is 17. The number of hydrogen-bond acceptors (Lipinski definition) is 12. The molecule has 3 atom stereocenters. The lowest BCUT2D eigenvalue weighted by Gasteiger charge is -2.32. The third-order valence-electron chi connectivity index (χ3n) is 14.5. The summed E-state index contributed by atoms with van der Waals surface area (Å²) in [5, 5.41) is 24.2. The summed E-state index contributed by atoms with van der Waals surface area (Å²) < 4.78 is 3.55. The lowest BCUT2D eigenvalue weighted by Crippen LogP contribution is -2.42. The molecule has 368 valence electrons. The quantitative estimate of drug-likeness (QED) is 0.0507. The maximum atomic E-state index is 5.12. The monoisotopic (exact) mass is 969 g/mol. The van der Waals surface area contributed by atoms with Crippen molar-refractivity contribution in [3.63, 3.8) is 0 Å². The van der Waals surface area contributed by atoms with Crippen LogP contribution in [0, 0.1) is 13.8 Å². The zero-order valence-corrected chi connectivity index (χ0v) is 41.9. The van der Waals surface area contributed by atoms with Gasteiger partial charge in [-0.15, -0.1) is 0 Å². The van der Waals surface area contributed by atoms with E-state index < -0.39 is 0 Å². The third-order valence-corrected chi connectivity index (χ3v) is 14.5. The second-order valence-electron chi connectivity index (χ2n) is 20.4. The fraction of sp³-hybridized carbons (Fsp3) is 0.298. The van der Waals surface area contributed by atoms with Crippen LogP contribution in [0.4, 0.5) is 11.4 Å². The molecule has 73 heavy (non-hydrogen) atoms. The molecular weight excluding hydrogens is 909 g/mol. The number of aromatic amines is 2. The van der Waals surface area contributed by atoms with E-state index in [9.17, 15) is 0 Å². The fourth-order valence-corrected chi connectivity index (χ4v) is 10.9. The summed E-state index contributed by atoms with van der Waals surface area (Å²) in [7, 11) is 0. The van der Waals surface area contributed by atoms with Gasteiger partial charge in [0.25, 0.3) is 0 Å². The van der Waals surface area contributed by atoms with E-state index in [-0.39, 0.29) is 11.6 Å². The number of nitrogens with zero attached hydrogens (tertiary/aromatic N) is 10. The number of anilines is 2. The highest BCUT2D eigenvalue weighted by Gasteiger charge is 2.31. The van der Waals surface area contributed by atoms with Crippen LogP contribution in [0.25, 0.3) is 56.6 Å². The van der Waals surface area contributed by atoms with Crippen LogP contribution in [0.1, 0.15) is 104 Å². The summed E-state index contributed by atoms with van der Waals surface area (Å²) in [5.74, 6) is 1.67. The lowest BCUT2D eigenvalue weighted by atomic mass is 9.93. The van der Waals surface area contributed by atoms with Gasteiger partial charge >= 0.3 is 0 Å². The Hall–Kier alpha value is -8.08. The first kappa shape index (κ1) is 46.0. The van der Waals surface area contributed by atoms with Gasteiger partial charge in [0.15, 0.2) is 11.3 Å². The summed E-state index contributed by atoms with van der Waals surface area (Å²) in [6.07, 6.45) is 13.4. The SMILES string of the molecule is Cc1cccc(-c2[nH]c(CNc3ccc4c(c3)CCC4NC(C)CCC(C)(C)NC3CCc4c(NCc5nc(-c6ccc7ncnn7c6)c(-c6cccc(C)n6)[nH]5)cccc43)nc2-c2ccc3ncnn3c2)n1. The van der Waals surface area contributed by atoms with Crippen LogP contribution in [0.5, 0.6) is 0 Å². The van der Waals surface area contributed by atoms with Gasteiger partial charge < -0.3 is 31.2 Å². The zero-order chi connectivity index (χ0) is 49.6. The number of nitrogens with one attached hydrogen (secondary N) is 6. The zero-order valence-electron chi connectivity index (χ0n) is 41.9. The Morgan fingerprint density at radius 3 is 1.92 bits per heavy atom. The average Bonchev–Trinajstić information content (AvgIpc) is 4.27. The molecule has 2 aliphatic rings. The van der Waals surface area contributed by atoms with Crippen LogP contribution in [0.15, 0.2) is 122 Å². The van der Waals surface area contributed by atoms with Crippen molar-refractivity contribution < 1.29 is 0 Å². The van der Waals surface area contributed by atoms with Gasteiger partial charge in [0, 0.05) is 69.9 Å². The minimum absolute atomic E-state index is 0.0449. The van der Waals surface area contributed by atoms with Crippen LogP contribution in [-0.2, 0) is 25.9 Å². The average molecular weight is 969 g/mol. The van der Waals surface area contributed by atoms with Gasteiger partial charge in [0.05, 0.1) is 47.3 Å². The van der Waals surface area contributed by atoms with Crippen LogP contribution in [0.3, 0.4) is 0 Å². The van der Waals surface area contributed by atoms with E-state index >= 15 is 0 Å². The van der Waals surface area contributed by atoms with Crippen molar-refractivity contribution in [2.45, 2.75) is 110 Å². The molecule has 8 heterocycles. The van der Waals surface area contributed by atoms with Crippen molar-refractivity contribution in [3.05, 3.63) is 167 Å². The molecule has 8 aromatic heterocycles. The van der Waals surface area contributed by atoms with Crippen molar-refractivity contribution in [2.75, 3.05) is 10.6 Å². The molecule has 0 bridgehead atoms. The van der Waals surface area contributed by atoms with Crippen LogP contribution < -0.4 is 21.3 Å². The van der Waals surface area contributed by atoms with E-state index in [1.807, 2.05) is 86.9 Å². The second kappa shape index (κ2) is 19.2. The van der Waals surface area contributed by atoms with E-state index in [1.54, 1.807) is 21.7 Å². The van der Waals surface area contributed by atoms with Gasteiger partial charge in [-0.3, -0.25) is 9.97 Å². The van der Waals surface area contributed by atoms with E-state index in [1.165, 1.54) is 22.3 Å². The van der Waals surface area contributed by atoms with Gasteiger partial charge in [0.2, 0.25) is 0 Å². The molecule has 0 saturated heterocycles. The molecule has 0 saturated carbocycles. The Kier molecular flexibility index (Phi) is 12.1. The summed E-state index contributed by atoms with van der Waals surface area (Å²) >= 11 is 0. The predicted octanol–water partition coefficient (Wildman–Crippen LogP) is 10.3. The molecule has 0 fully saturated rings. The standard InChI is InChI=1S/C57H60N16/c1-34-9-6-13-47(65-34)55-53(38-16-23-51-60-32-62-72(51)30-38)67-49(69-55)28-58-40-18-19-41-37(27-40)15-21-45(41)64-36(3)25-26-57(4,5)71-46-22-20-43-42(46)11-8-12-44(43)59-29-50-68-54(39-17-24-52-61-33-63-73(52)31-39)56(70-50)48-14-7-10-35(2)66-48/h6-14,16-19,23-24,27,30-33,36,45-46,58-59,64,71H,15,20-22,25-26,28-29H2,1-5H3,(H,67,69)(H,68,70). The molecule has 6 N–H and O–H groups in total. The minimum Gasteiger partial charge on any atom is -0.378 e. The van der Waals surface area contributed by atoms with Crippen LogP contribution in [0.2, 0.25) is 0 Å². The highest BCUT2D eigenvalue weighted by molar-refractivity contribution is 5.78. The minimum atomic E-state index is -0.0449. The normalized spacial score (nSPS) is 15.8. The largest absolute Gasteiger partial charge is 0.378 e. The molecule has 2 aliphatic carbocycles. The van der Waals surface area contributed by atoms with Crippen molar-refractivity contribution >= 4 is 22.7 Å². The Balaban J connectivity index is 0.658. The Morgan fingerprint density at radius 2 is 1.27 bits per heavy atom. The maximum absolute atomic E-state index is 5.12. The number of imidazole rings is 2. The Bertz CT molecular complexity index is 3620. The number of benzene rings is 2. The van der Waals surface area contributed by atoms with Gasteiger partial charge in [0.1, 0.15) is 24.3 Å². The summed E-state index contributed by atoms with van der Waals surface area (Å²) in [6.45, 7) is 12.2. The fourth-order valence-electron chi connectivity index (χ4n) is 10.9. The molecule has 16 heteroatoms. The lowest BCUT2D eigenvalue weighted by molar-refractivity contribution is 0.289. The number of aryl methyl sites for hydroxylation is 3. The van der Waals surface area contributed by atoms with Gasteiger partial charge in [-0.25, -0.2) is 29.0 Å². The highest BCUT2D eigenvalue weighted by atomic mass is 15.3. The molecule has 12 rings (SSSR count). The second-order valence-corrected chi connectivity index (χ2v) is 20.4. The molecule has 0 aliphatic heterocycles. The van der Waals surface area contributed by atoms with Crippen molar-refractivity contribution in [3.8, 4) is 45.3 Å². The van der Waals surface area contributed by atoms with E-state index in [2.05, 4.69) is 109 Å². The number of hydrogen-bond donors (Lipinski definition) is 6.